The molecule has 1 aliphatic heterocycles. The van der Waals surface area contributed by atoms with Crippen molar-refractivity contribution in [3.8, 4) is 0 Å². The number of carbonyl (C=O) groups is 2. The number of hydrogen-bond acceptors (Lipinski definition) is 5. The standard InChI is InChI=1S/C12H18O6S/c1-3-6-12(10(13)14,11(15)18-4-2)9-5-7-19(16,17)8-9/h3,9H,1,4-8H2,2H3,(H,13,14). The Hall–Kier alpha value is -1.37. The number of rotatable bonds is 6. The minimum Gasteiger partial charge on any atom is -0.480 e. The Balaban J connectivity index is 3.20. The predicted molar refractivity (Wildman–Crippen MR) is 68.3 cm³/mol. The molecule has 6 nitrogen and oxygen atoms in total. The van der Waals surface area contributed by atoms with Crippen molar-refractivity contribution in [3.05, 3.63) is 12.7 Å². The van der Waals surface area contributed by atoms with Gasteiger partial charge in [-0.25, -0.2) is 8.42 Å². The predicted octanol–water partition coefficient (Wildman–Crippen LogP) is 0.631. The van der Waals surface area contributed by atoms with Crippen LogP contribution < -0.4 is 0 Å². The molecule has 0 bridgehead atoms. The van der Waals surface area contributed by atoms with E-state index in [9.17, 15) is 23.1 Å². The SMILES string of the molecule is C=CCC(C(=O)O)(C(=O)OCC)C1CCS(=O)(=O)C1. The molecular formula is C12H18O6S. The Kier molecular flexibility index (Phi) is 4.73. The van der Waals surface area contributed by atoms with E-state index in [-0.39, 0.29) is 31.0 Å². The number of allylic oxidation sites excluding steroid dienone is 1. The lowest BCUT2D eigenvalue weighted by Gasteiger charge is -2.31. The number of hydrogen-bond donors (Lipinski definition) is 1. The highest BCUT2D eigenvalue weighted by Crippen LogP contribution is 2.41. The van der Waals surface area contributed by atoms with Crippen LogP contribution in [0.2, 0.25) is 0 Å². The summed E-state index contributed by atoms with van der Waals surface area (Å²) in [5, 5.41) is 9.44. The molecule has 108 valence electrons. The molecule has 0 aromatic heterocycles. The number of esters is 1. The number of sulfone groups is 1. The van der Waals surface area contributed by atoms with Crippen LogP contribution in [0.4, 0.5) is 0 Å². The van der Waals surface area contributed by atoms with E-state index >= 15 is 0 Å². The summed E-state index contributed by atoms with van der Waals surface area (Å²) in [5.41, 5.74) is -1.85. The Labute approximate surface area is 112 Å². The fourth-order valence-corrected chi connectivity index (χ4v) is 4.31. The first kappa shape index (κ1) is 15.7. The average Bonchev–Trinajstić information content (AvgIpc) is 2.66. The number of aliphatic carboxylic acids is 1. The van der Waals surface area contributed by atoms with E-state index < -0.39 is 33.1 Å². The van der Waals surface area contributed by atoms with Gasteiger partial charge in [0.05, 0.1) is 18.1 Å². The molecule has 1 rings (SSSR count). The quantitative estimate of drug-likeness (QED) is 0.438. The topological polar surface area (TPSA) is 97.7 Å². The lowest BCUT2D eigenvalue weighted by molar-refractivity contribution is -0.172. The molecule has 0 aliphatic carbocycles. The number of carboxylic acids is 1. The van der Waals surface area contributed by atoms with Gasteiger partial charge in [-0.15, -0.1) is 6.58 Å². The Morgan fingerprint density at radius 3 is 2.53 bits per heavy atom. The second kappa shape index (κ2) is 5.73. The van der Waals surface area contributed by atoms with Gasteiger partial charge < -0.3 is 9.84 Å². The summed E-state index contributed by atoms with van der Waals surface area (Å²) in [5.74, 6) is -3.40. The van der Waals surface area contributed by atoms with Gasteiger partial charge in [-0.3, -0.25) is 9.59 Å². The molecule has 2 atom stereocenters. The molecule has 1 heterocycles. The fraction of sp³-hybridized carbons (Fsp3) is 0.667. The van der Waals surface area contributed by atoms with Gasteiger partial charge in [-0.1, -0.05) is 6.08 Å². The third-order valence-corrected chi connectivity index (χ3v) is 5.18. The van der Waals surface area contributed by atoms with E-state index in [0.29, 0.717) is 0 Å². The third-order valence-electron chi connectivity index (χ3n) is 3.42. The summed E-state index contributed by atoms with van der Waals surface area (Å²) < 4.78 is 27.9. The average molecular weight is 290 g/mol. The van der Waals surface area contributed by atoms with E-state index in [0.717, 1.165) is 0 Å². The van der Waals surface area contributed by atoms with Crippen LogP contribution in [0.5, 0.6) is 0 Å². The van der Waals surface area contributed by atoms with Gasteiger partial charge in [-0.05, 0) is 19.8 Å². The maximum Gasteiger partial charge on any atom is 0.324 e. The molecule has 1 saturated heterocycles. The molecule has 2 unspecified atom stereocenters. The molecule has 0 saturated carbocycles. The summed E-state index contributed by atoms with van der Waals surface area (Å²) in [6.07, 6.45) is 1.33. The van der Waals surface area contributed by atoms with Crippen LogP contribution in [0, 0.1) is 11.3 Å². The van der Waals surface area contributed by atoms with Crippen molar-refractivity contribution < 1.29 is 27.9 Å². The molecule has 0 aromatic rings. The second-order valence-corrected chi connectivity index (χ2v) is 6.82. The lowest BCUT2D eigenvalue weighted by atomic mass is 9.72. The van der Waals surface area contributed by atoms with E-state index in [2.05, 4.69) is 6.58 Å². The minimum atomic E-state index is -3.28. The van der Waals surface area contributed by atoms with Crippen LogP contribution in [0.3, 0.4) is 0 Å². The monoisotopic (exact) mass is 290 g/mol. The molecule has 0 radical (unpaired) electrons. The highest BCUT2D eigenvalue weighted by Gasteiger charge is 2.55. The van der Waals surface area contributed by atoms with Gasteiger partial charge in [0.15, 0.2) is 15.3 Å². The van der Waals surface area contributed by atoms with Gasteiger partial charge in [0.1, 0.15) is 0 Å². The van der Waals surface area contributed by atoms with Crippen molar-refractivity contribution in [2.75, 3.05) is 18.1 Å². The molecule has 7 heteroatoms. The summed E-state index contributed by atoms with van der Waals surface area (Å²) in [6, 6.07) is 0. The molecule has 0 aromatic carbocycles. The summed E-state index contributed by atoms with van der Waals surface area (Å²) in [4.78, 5) is 23.6. The van der Waals surface area contributed by atoms with Crippen LogP contribution in [0.1, 0.15) is 19.8 Å². The van der Waals surface area contributed by atoms with Gasteiger partial charge in [0.25, 0.3) is 0 Å². The zero-order valence-corrected chi connectivity index (χ0v) is 11.6. The van der Waals surface area contributed by atoms with Gasteiger partial charge in [-0.2, -0.15) is 0 Å². The first-order valence-corrected chi connectivity index (χ1v) is 7.84. The Morgan fingerprint density at radius 1 is 1.53 bits per heavy atom. The van der Waals surface area contributed by atoms with Crippen molar-refractivity contribution in [2.24, 2.45) is 11.3 Å². The highest BCUT2D eigenvalue weighted by molar-refractivity contribution is 7.91. The molecule has 1 aliphatic rings. The second-order valence-electron chi connectivity index (χ2n) is 4.59. The number of carbonyl (C=O) groups excluding carboxylic acids is 1. The molecule has 1 N–H and O–H groups in total. The van der Waals surface area contributed by atoms with Crippen molar-refractivity contribution in [3.63, 3.8) is 0 Å². The fourth-order valence-electron chi connectivity index (χ4n) is 2.44. The maximum atomic E-state index is 12.0. The van der Waals surface area contributed by atoms with Crippen LogP contribution >= 0.6 is 0 Å². The molecule has 19 heavy (non-hydrogen) atoms. The largest absolute Gasteiger partial charge is 0.480 e. The minimum absolute atomic E-state index is 0.0461. The first-order chi connectivity index (χ1) is 8.80. The van der Waals surface area contributed by atoms with Crippen LogP contribution in [-0.4, -0.2) is 43.6 Å². The van der Waals surface area contributed by atoms with Crippen molar-refractivity contribution >= 4 is 21.8 Å². The number of ether oxygens (including phenoxy) is 1. The van der Waals surface area contributed by atoms with Gasteiger partial charge in [0, 0.05) is 5.92 Å². The molecule has 0 spiro atoms. The van der Waals surface area contributed by atoms with Gasteiger partial charge >= 0.3 is 11.9 Å². The summed E-state index contributed by atoms with van der Waals surface area (Å²) >= 11 is 0. The van der Waals surface area contributed by atoms with Crippen molar-refractivity contribution in [1.29, 1.82) is 0 Å². The van der Waals surface area contributed by atoms with Crippen molar-refractivity contribution in [2.45, 2.75) is 19.8 Å². The molecule has 0 amide bonds. The Bertz CT molecular complexity index is 480. The van der Waals surface area contributed by atoms with E-state index in [1.165, 1.54) is 6.08 Å². The smallest absolute Gasteiger partial charge is 0.324 e. The van der Waals surface area contributed by atoms with Crippen LogP contribution in [0.25, 0.3) is 0 Å². The van der Waals surface area contributed by atoms with E-state index in [1.54, 1.807) is 6.92 Å². The van der Waals surface area contributed by atoms with Gasteiger partial charge in [0.2, 0.25) is 0 Å². The first-order valence-electron chi connectivity index (χ1n) is 6.02. The molecule has 1 fully saturated rings. The normalized spacial score (nSPS) is 24.4. The van der Waals surface area contributed by atoms with Crippen molar-refractivity contribution in [1.82, 2.24) is 0 Å². The summed E-state index contributed by atoms with van der Waals surface area (Å²) in [6.45, 7) is 5.08. The number of carboxylic acid groups (broad SMARTS) is 1. The van der Waals surface area contributed by atoms with Crippen LogP contribution in [0.15, 0.2) is 12.7 Å². The highest BCUT2D eigenvalue weighted by atomic mass is 32.2. The Morgan fingerprint density at radius 2 is 2.16 bits per heavy atom. The van der Waals surface area contributed by atoms with Crippen LogP contribution in [-0.2, 0) is 24.2 Å². The zero-order valence-electron chi connectivity index (χ0n) is 10.8. The third kappa shape index (κ3) is 2.97. The lowest BCUT2D eigenvalue weighted by Crippen LogP contribution is -2.47. The van der Waals surface area contributed by atoms with E-state index in [1.807, 2.05) is 0 Å². The molecular weight excluding hydrogens is 272 g/mol. The summed E-state index contributed by atoms with van der Waals surface area (Å²) in [7, 11) is -3.28. The zero-order chi connectivity index (χ0) is 14.7. The van der Waals surface area contributed by atoms with E-state index in [4.69, 9.17) is 4.74 Å². The maximum absolute atomic E-state index is 12.0.